The quantitative estimate of drug-likeness (QED) is 0.755. The first-order valence-electron chi connectivity index (χ1n) is 8.91. The Balaban J connectivity index is 1.40. The molecule has 0 saturated carbocycles. The Hall–Kier alpha value is -1.96. The van der Waals surface area contributed by atoms with Crippen molar-refractivity contribution in [3.63, 3.8) is 0 Å². The standard InChI is InChI=1S/C17H26N4O4/c1-12(22)20-6-3-13(4-7-20)9-16(23)21-10-14(11-21)17-18-15(19-25-17)5-8-24-2/h13-14H,3-11H2,1-2H3. The number of nitrogens with zero attached hydrogens (tertiary/aromatic N) is 4. The fourth-order valence-corrected chi connectivity index (χ4v) is 3.39. The monoisotopic (exact) mass is 350 g/mol. The van der Waals surface area contributed by atoms with Gasteiger partial charge in [-0.1, -0.05) is 5.16 Å². The lowest BCUT2D eigenvalue weighted by molar-refractivity contribution is -0.137. The lowest BCUT2D eigenvalue weighted by Gasteiger charge is -2.39. The first kappa shape index (κ1) is 17.8. The van der Waals surface area contributed by atoms with Crippen LogP contribution in [0.5, 0.6) is 0 Å². The van der Waals surface area contributed by atoms with Crippen LogP contribution >= 0.6 is 0 Å². The summed E-state index contributed by atoms with van der Waals surface area (Å²) in [6.45, 7) is 5.00. The van der Waals surface area contributed by atoms with Crippen LogP contribution in [0.25, 0.3) is 0 Å². The maximum Gasteiger partial charge on any atom is 0.233 e. The van der Waals surface area contributed by atoms with E-state index in [1.807, 2.05) is 9.80 Å². The van der Waals surface area contributed by atoms with Gasteiger partial charge in [-0.25, -0.2) is 0 Å². The van der Waals surface area contributed by atoms with Crippen molar-refractivity contribution in [2.45, 2.75) is 38.5 Å². The molecule has 0 aliphatic carbocycles. The molecule has 0 aromatic carbocycles. The molecule has 8 heteroatoms. The largest absolute Gasteiger partial charge is 0.384 e. The Labute approximate surface area is 147 Å². The average Bonchev–Trinajstić information content (AvgIpc) is 3.00. The number of amides is 2. The number of rotatable bonds is 6. The van der Waals surface area contributed by atoms with Crippen LogP contribution < -0.4 is 0 Å². The van der Waals surface area contributed by atoms with Crippen LogP contribution in [0.2, 0.25) is 0 Å². The predicted octanol–water partition coefficient (Wildman–Crippen LogP) is 0.833. The third kappa shape index (κ3) is 4.36. The minimum atomic E-state index is 0.125. The van der Waals surface area contributed by atoms with Crippen molar-refractivity contribution >= 4 is 11.8 Å². The fraction of sp³-hybridized carbons (Fsp3) is 0.765. The van der Waals surface area contributed by atoms with Crippen molar-refractivity contribution in [2.75, 3.05) is 39.9 Å². The highest BCUT2D eigenvalue weighted by Gasteiger charge is 2.36. The zero-order chi connectivity index (χ0) is 17.8. The van der Waals surface area contributed by atoms with Gasteiger partial charge in [-0.05, 0) is 18.8 Å². The molecule has 0 spiro atoms. The van der Waals surface area contributed by atoms with Gasteiger partial charge in [-0.3, -0.25) is 9.59 Å². The highest BCUT2D eigenvalue weighted by Crippen LogP contribution is 2.28. The van der Waals surface area contributed by atoms with Gasteiger partial charge < -0.3 is 19.1 Å². The molecule has 0 radical (unpaired) electrons. The van der Waals surface area contributed by atoms with Crippen LogP contribution in [-0.4, -0.2) is 71.7 Å². The summed E-state index contributed by atoms with van der Waals surface area (Å²) in [5.74, 6) is 2.11. The highest BCUT2D eigenvalue weighted by atomic mass is 16.5. The van der Waals surface area contributed by atoms with Gasteiger partial charge in [-0.2, -0.15) is 4.98 Å². The van der Waals surface area contributed by atoms with Crippen LogP contribution in [0, 0.1) is 5.92 Å². The summed E-state index contributed by atoms with van der Waals surface area (Å²) in [6.07, 6.45) is 3.03. The number of carbonyl (C=O) groups excluding carboxylic acids is 2. The van der Waals surface area contributed by atoms with Crippen LogP contribution in [0.4, 0.5) is 0 Å². The molecule has 2 fully saturated rings. The molecule has 1 aromatic rings. The summed E-state index contributed by atoms with van der Waals surface area (Å²) in [4.78, 5) is 31.8. The van der Waals surface area contributed by atoms with Crippen LogP contribution in [0.3, 0.4) is 0 Å². The maximum absolute atomic E-state index is 12.4. The van der Waals surface area contributed by atoms with Crippen LogP contribution in [0.15, 0.2) is 4.52 Å². The third-order valence-electron chi connectivity index (χ3n) is 5.12. The summed E-state index contributed by atoms with van der Waals surface area (Å²) in [7, 11) is 1.64. The van der Waals surface area contributed by atoms with Crippen molar-refractivity contribution in [1.82, 2.24) is 19.9 Å². The molecule has 2 saturated heterocycles. The maximum atomic E-state index is 12.4. The Morgan fingerprint density at radius 1 is 1.24 bits per heavy atom. The van der Waals surface area contributed by atoms with Crippen molar-refractivity contribution in [1.29, 1.82) is 0 Å². The number of ether oxygens (including phenoxy) is 1. The van der Waals surface area contributed by atoms with Gasteiger partial charge in [0.05, 0.1) is 12.5 Å². The zero-order valence-electron chi connectivity index (χ0n) is 14.9. The molecule has 1 aromatic heterocycles. The fourth-order valence-electron chi connectivity index (χ4n) is 3.39. The minimum Gasteiger partial charge on any atom is -0.384 e. The second-order valence-corrected chi connectivity index (χ2v) is 6.94. The molecule has 3 heterocycles. The Morgan fingerprint density at radius 2 is 1.96 bits per heavy atom. The number of hydrogen-bond acceptors (Lipinski definition) is 6. The second-order valence-electron chi connectivity index (χ2n) is 6.94. The Bertz CT molecular complexity index is 604. The summed E-state index contributed by atoms with van der Waals surface area (Å²) >= 11 is 0. The van der Waals surface area contributed by atoms with E-state index in [4.69, 9.17) is 9.26 Å². The van der Waals surface area contributed by atoms with E-state index in [0.717, 1.165) is 25.9 Å². The molecule has 0 bridgehead atoms. The molecule has 25 heavy (non-hydrogen) atoms. The van der Waals surface area contributed by atoms with E-state index in [0.29, 0.717) is 50.2 Å². The lowest BCUT2D eigenvalue weighted by Crippen LogP contribution is -2.49. The predicted molar refractivity (Wildman–Crippen MR) is 88.8 cm³/mol. The van der Waals surface area contributed by atoms with Crippen molar-refractivity contribution in [2.24, 2.45) is 5.92 Å². The third-order valence-corrected chi connectivity index (χ3v) is 5.12. The van der Waals surface area contributed by atoms with Crippen molar-refractivity contribution in [3.8, 4) is 0 Å². The van der Waals surface area contributed by atoms with Gasteiger partial charge in [0.25, 0.3) is 0 Å². The highest BCUT2D eigenvalue weighted by molar-refractivity contribution is 5.77. The van der Waals surface area contributed by atoms with Gasteiger partial charge in [0.15, 0.2) is 5.82 Å². The molecule has 2 aliphatic rings. The van der Waals surface area contributed by atoms with E-state index in [2.05, 4.69) is 10.1 Å². The minimum absolute atomic E-state index is 0.125. The Morgan fingerprint density at radius 3 is 2.60 bits per heavy atom. The lowest BCUT2D eigenvalue weighted by atomic mass is 9.91. The van der Waals surface area contributed by atoms with Crippen molar-refractivity contribution in [3.05, 3.63) is 11.7 Å². The number of hydrogen-bond donors (Lipinski definition) is 0. The molecular weight excluding hydrogens is 324 g/mol. The number of piperidine rings is 1. The van der Waals surface area contributed by atoms with E-state index in [1.165, 1.54) is 0 Å². The smallest absolute Gasteiger partial charge is 0.233 e. The zero-order valence-corrected chi connectivity index (χ0v) is 14.9. The van der Waals surface area contributed by atoms with E-state index < -0.39 is 0 Å². The molecule has 0 N–H and O–H groups in total. The molecule has 2 amide bonds. The first-order chi connectivity index (χ1) is 12.1. The van der Waals surface area contributed by atoms with Gasteiger partial charge in [0.2, 0.25) is 17.7 Å². The Kier molecular flexibility index (Phi) is 5.67. The van der Waals surface area contributed by atoms with Gasteiger partial charge >= 0.3 is 0 Å². The van der Waals surface area contributed by atoms with E-state index >= 15 is 0 Å². The average molecular weight is 350 g/mol. The SMILES string of the molecule is COCCc1noc(C2CN(C(=O)CC3CCN(C(C)=O)CC3)C2)n1. The van der Waals surface area contributed by atoms with Crippen LogP contribution in [0.1, 0.15) is 43.8 Å². The van der Waals surface area contributed by atoms with Gasteiger partial charge in [0, 0.05) is 53.1 Å². The summed E-state index contributed by atoms with van der Waals surface area (Å²) in [5.41, 5.74) is 0. The van der Waals surface area contributed by atoms with E-state index in [9.17, 15) is 9.59 Å². The number of likely N-dealkylation sites (tertiary alicyclic amines) is 2. The number of carbonyl (C=O) groups is 2. The molecule has 3 rings (SSSR count). The van der Waals surface area contributed by atoms with Crippen molar-refractivity contribution < 1.29 is 18.8 Å². The summed E-state index contributed by atoms with van der Waals surface area (Å²) in [6, 6.07) is 0. The number of aromatic nitrogens is 2. The molecule has 0 atom stereocenters. The summed E-state index contributed by atoms with van der Waals surface area (Å²) in [5, 5.41) is 3.94. The normalized spacial score (nSPS) is 19.1. The molecule has 0 unspecified atom stereocenters. The molecule has 8 nitrogen and oxygen atoms in total. The van der Waals surface area contributed by atoms with Crippen LogP contribution in [-0.2, 0) is 20.7 Å². The van der Waals surface area contributed by atoms with E-state index in [-0.39, 0.29) is 17.7 Å². The molecule has 2 aliphatic heterocycles. The molecule has 138 valence electrons. The second kappa shape index (κ2) is 7.95. The number of methoxy groups -OCH3 is 1. The van der Waals surface area contributed by atoms with Gasteiger partial charge in [0.1, 0.15) is 0 Å². The van der Waals surface area contributed by atoms with Gasteiger partial charge in [-0.15, -0.1) is 0 Å². The van der Waals surface area contributed by atoms with E-state index in [1.54, 1.807) is 14.0 Å². The summed E-state index contributed by atoms with van der Waals surface area (Å²) < 4.78 is 10.3. The molecular formula is C17H26N4O4. The topological polar surface area (TPSA) is 88.8 Å². The first-order valence-corrected chi connectivity index (χ1v) is 8.91.